The van der Waals surface area contributed by atoms with Gasteiger partial charge in [0.15, 0.2) is 0 Å². The molecule has 0 radical (unpaired) electrons. The minimum atomic E-state index is -0.597. The van der Waals surface area contributed by atoms with Crippen LogP contribution in [0, 0.1) is 12.3 Å². The molecule has 3 unspecified atom stereocenters. The number of amides is 1. The van der Waals surface area contributed by atoms with Gasteiger partial charge >= 0.3 is 0 Å². The van der Waals surface area contributed by atoms with E-state index in [0.29, 0.717) is 6.10 Å². The summed E-state index contributed by atoms with van der Waals surface area (Å²) in [6.45, 7) is 4.82. The first-order chi connectivity index (χ1) is 11.1. The van der Waals surface area contributed by atoms with Crippen molar-refractivity contribution < 1.29 is 9.53 Å². The summed E-state index contributed by atoms with van der Waals surface area (Å²) in [6, 6.07) is 7.49. The Hall–Kier alpha value is -1.10. The largest absolute Gasteiger partial charge is 0.378 e. The Morgan fingerprint density at radius 3 is 2.54 bits per heavy atom. The van der Waals surface area contributed by atoms with Gasteiger partial charge in [0, 0.05) is 18.1 Å². The molecule has 0 bridgehead atoms. The van der Waals surface area contributed by atoms with Gasteiger partial charge in [-0.1, -0.05) is 42.7 Å². The first-order valence-corrected chi connectivity index (χ1v) is 8.81. The van der Waals surface area contributed by atoms with E-state index in [9.17, 15) is 4.79 Å². The first kappa shape index (κ1) is 19.2. The Kier molecular flexibility index (Phi) is 6.29. The van der Waals surface area contributed by atoms with E-state index >= 15 is 0 Å². The molecule has 134 valence electrons. The zero-order valence-corrected chi connectivity index (χ0v) is 15.4. The molecule has 0 aliphatic heterocycles. The summed E-state index contributed by atoms with van der Waals surface area (Å²) >= 11 is 0. The van der Waals surface area contributed by atoms with Crippen LogP contribution >= 0.6 is 12.4 Å². The summed E-state index contributed by atoms with van der Waals surface area (Å²) in [4.78, 5) is 12.6. The standard InChI is InChI=1S/C19H28N2O2.ClH/c1-3-23-16-12-15(19(16)10-4-5-11-19)21-18(22)17(20)14-8-6-13(2)7-9-14;/h6-9,15-17H,3-5,10-12,20H2,1-2H3,(H,21,22);1H. The second-order valence-electron chi connectivity index (χ2n) is 7.07. The molecule has 3 rings (SSSR count). The predicted octanol–water partition coefficient (Wildman–Crippen LogP) is 3.27. The number of carbonyl (C=O) groups excluding carboxylic acids is 1. The lowest BCUT2D eigenvalue weighted by molar-refractivity contribution is -0.145. The minimum Gasteiger partial charge on any atom is -0.378 e. The highest BCUT2D eigenvalue weighted by Crippen LogP contribution is 2.54. The van der Waals surface area contributed by atoms with E-state index in [1.165, 1.54) is 18.4 Å². The van der Waals surface area contributed by atoms with Crippen molar-refractivity contribution in [2.45, 2.75) is 64.1 Å². The second kappa shape index (κ2) is 7.85. The van der Waals surface area contributed by atoms with Crippen LogP contribution in [0.4, 0.5) is 0 Å². The van der Waals surface area contributed by atoms with Crippen LogP contribution in [-0.2, 0) is 9.53 Å². The molecule has 1 amide bonds. The average Bonchev–Trinajstić information content (AvgIpc) is 3.06. The smallest absolute Gasteiger partial charge is 0.241 e. The van der Waals surface area contributed by atoms with Gasteiger partial charge in [-0.05, 0) is 38.7 Å². The monoisotopic (exact) mass is 352 g/mol. The Balaban J connectivity index is 0.00000208. The molecular formula is C19H29ClN2O2. The zero-order chi connectivity index (χ0) is 16.4. The maximum Gasteiger partial charge on any atom is 0.241 e. The van der Waals surface area contributed by atoms with Crippen LogP contribution in [0.1, 0.15) is 56.2 Å². The summed E-state index contributed by atoms with van der Waals surface area (Å²) in [6.07, 6.45) is 6.00. The topological polar surface area (TPSA) is 64.3 Å². The van der Waals surface area contributed by atoms with Gasteiger partial charge < -0.3 is 15.8 Å². The Morgan fingerprint density at radius 2 is 1.96 bits per heavy atom. The molecule has 0 heterocycles. The maximum absolute atomic E-state index is 12.6. The third-order valence-electron chi connectivity index (χ3n) is 5.72. The quantitative estimate of drug-likeness (QED) is 0.854. The van der Waals surface area contributed by atoms with E-state index in [4.69, 9.17) is 10.5 Å². The van der Waals surface area contributed by atoms with Crippen molar-refractivity contribution in [2.24, 2.45) is 11.1 Å². The SMILES string of the molecule is CCOC1CC(NC(=O)C(N)c2ccc(C)cc2)C12CCCC2.Cl. The van der Waals surface area contributed by atoms with Crippen LogP contribution in [-0.4, -0.2) is 24.7 Å². The van der Waals surface area contributed by atoms with Crippen molar-refractivity contribution in [2.75, 3.05) is 6.61 Å². The van der Waals surface area contributed by atoms with Crippen LogP contribution in [0.15, 0.2) is 24.3 Å². The number of rotatable bonds is 5. The number of carbonyl (C=O) groups is 1. The first-order valence-electron chi connectivity index (χ1n) is 8.81. The van der Waals surface area contributed by atoms with Crippen LogP contribution in [0.5, 0.6) is 0 Å². The molecule has 1 aromatic carbocycles. The number of benzene rings is 1. The Labute approximate surface area is 150 Å². The molecule has 5 heteroatoms. The Morgan fingerprint density at radius 1 is 1.33 bits per heavy atom. The van der Waals surface area contributed by atoms with E-state index in [1.54, 1.807) is 0 Å². The van der Waals surface area contributed by atoms with Gasteiger partial charge in [0.1, 0.15) is 6.04 Å². The number of ether oxygens (including phenoxy) is 1. The third-order valence-corrected chi connectivity index (χ3v) is 5.72. The third kappa shape index (κ3) is 3.46. The van der Waals surface area contributed by atoms with E-state index < -0.39 is 6.04 Å². The van der Waals surface area contributed by atoms with Crippen molar-refractivity contribution in [1.29, 1.82) is 0 Å². The fraction of sp³-hybridized carbons (Fsp3) is 0.632. The fourth-order valence-corrected chi connectivity index (χ4v) is 4.28. The molecule has 2 aliphatic rings. The maximum atomic E-state index is 12.6. The van der Waals surface area contributed by atoms with Gasteiger partial charge in [-0.2, -0.15) is 0 Å². The number of nitrogens with one attached hydrogen (secondary N) is 1. The zero-order valence-electron chi connectivity index (χ0n) is 14.6. The number of halogens is 1. The summed E-state index contributed by atoms with van der Waals surface area (Å²) in [5.74, 6) is -0.0694. The van der Waals surface area contributed by atoms with E-state index in [2.05, 4.69) is 5.32 Å². The van der Waals surface area contributed by atoms with E-state index in [1.807, 2.05) is 38.1 Å². The van der Waals surface area contributed by atoms with E-state index in [0.717, 1.165) is 31.4 Å². The van der Waals surface area contributed by atoms with Crippen LogP contribution < -0.4 is 11.1 Å². The molecule has 2 aliphatic carbocycles. The molecule has 4 nitrogen and oxygen atoms in total. The van der Waals surface area contributed by atoms with Gasteiger partial charge in [-0.15, -0.1) is 12.4 Å². The van der Waals surface area contributed by atoms with Crippen LogP contribution in [0.25, 0.3) is 0 Å². The lowest BCUT2D eigenvalue weighted by Gasteiger charge is -2.54. The second-order valence-corrected chi connectivity index (χ2v) is 7.07. The molecule has 24 heavy (non-hydrogen) atoms. The van der Waals surface area contributed by atoms with Crippen molar-refractivity contribution >= 4 is 18.3 Å². The van der Waals surface area contributed by atoms with Crippen LogP contribution in [0.3, 0.4) is 0 Å². The molecular weight excluding hydrogens is 324 g/mol. The number of nitrogens with two attached hydrogens (primary N) is 1. The highest BCUT2D eigenvalue weighted by molar-refractivity contribution is 5.85. The van der Waals surface area contributed by atoms with Gasteiger partial charge in [0.05, 0.1) is 6.10 Å². The molecule has 0 saturated heterocycles. The predicted molar refractivity (Wildman–Crippen MR) is 98.2 cm³/mol. The molecule has 1 aromatic rings. The van der Waals surface area contributed by atoms with Crippen molar-refractivity contribution in [3.63, 3.8) is 0 Å². The molecule has 2 fully saturated rings. The highest BCUT2D eigenvalue weighted by atomic mass is 35.5. The molecule has 2 saturated carbocycles. The Bertz CT molecular complexity index is 555. The number of hydrogen-bond acceptors (Lipinski definition) is 3. The lowest BCUT2D eigenvalue weighted by atomic mass is 9.60. The van der Waals surface area contributed by atoms with Crippen molar-refractivity contribution in [1.82, 2.24) is 5.32 Å². The lowest BCUT2D eigenvalue weighted by Crippen LogP contribution is -2.64. The molecule has 1 spiro atoms. The minimum absolute atomic E-state index is 0. The summed E-state index contributed by atoms with van der Waals surface area (Å²) in [5, 5.41) is 3.21. The highest BCUT2D eigenvalue weighted by Gasteiger charge is 2.57. The molecule has 3 N–H and O–H groups in total. The average molecular weight is 353 g/mol. The van der Waals surface area contributed by atoms with Crippen molar-refractivity contribution in [3.8, 4) is 0 Å². The molecule has 0 aromatic heterocycles. The number of aryl methyl sites for hydroxylation is 1. The number of hydrogen-bond donors (Lipinski definition) is 2. The summed E-state index contributed by atoms with van der Waals surface area (Å²) in [5.41, 5.74) is 8.35. The van der Waals surface area contributed by atoms with Gasteiger partial charge in [-0.3, -0.25) is 4.79 Å². The summed E-state index contributed by atoms with van der Waals surface area (Å²) in [7, 11) is 0. The molecule has 3 atom stereocenters. The van der Waals surface area contributed by atoms with Crippen LogP contribution in [0.2, 0.25) is 0 Å². The normalized spacial score (nSPS) is 25.6. The van der Waals surface area contributed by atoms with Crippen molar-refractivity contribution in [3.05, 3.63) is 35.4 Å². The van der Waals surface area contributed by atoms with Gasteiger partial charge in [0.25, 0.3) is 0 Å². The van der Waals surface area contributed by atoms with Gasteiger partial charge in [-0.25, -0.2) is 0 Å². The fourth-order valence-electron chi connectivity index (χ4n) is 4.28. The summed E-state index contributed by atoms with van der Waals surface area (Å²) < 4.78 is 5.90. The van der Waals surface area contributed by atoms with E-state index in [-0.39, 0.29) is 29.8 Å². The van der Waals surface area contributed by atoms with Gasteiger partial charge in [0.2, 0.25) is 5.91 Å².